The Hall–Kier alpha value is -1.75. The zero-order chi connectivity index (χ0) is 13.1. The number of hydrogen-bond donors (Lipinski definition) is 2. The van der Waals surface area contributed by atoms with Crippen LogP contribution in [-0.4, -0.2) is 26.7 Å². The van der Waals surface area contributed by atoms with Gasteiger partial charge in [-0.3, -0.25) is 4.79 Å². The third-order valence-electron chi connectivity index (χ3n) is 3.22. The van der Waals surface area contributed by atoms with Gasteiger partial charge in [-0.2, -0.15) is 0 Å². The predicted molar refractivity (Wildman–Crippen MR) is 69.0 cm³/mol. The number of fused-ring (bicyclic) bond motifs is 1. The van der Waals surface area contributed by atoms with E-state index in [9.17, 15) is 4.79 Å². The summed E-state index contributed by atoms with van der Waals surface area (Å²) in [7, 11) is 3.18. The van der Waals surface area contributed by atoms with Gasteiger partial charge in [0, 0.05) is 17.7 Å². The number of benzene rings is 1. The van der Waals surface area contributed by atoms with Gasteiger partial charge in [0.1, 0.15) is 0 Å². The summed E-state index contributed by atoms with van der Waals surface area (Å²) in [5.74, 6) is 1.27. The van der Waals surface area contributed by atoms with Crippen LogP contribution in [0.4, 0.5) is 5.69 Å². The highest BCUT2D eigenvalue weighted by Gasteiger charge is 2.26. The van der Waals surface area contributed by atoms with Gasteiger partial charge in [-0.15, -0.1) is 0 Å². The van der Waals surface area contributed by atoms with E-state index in [1.54, 1.807) is 20.3 Å². The van der Waals surface area contributed by atoms with E-state index >= 15 is 0 Å². The molecule has 1 atom stereocenters. The molecule has 2 rings (SSSR count). The molecular weight excluding hydrogens is 232 g/mol. The molecule has 1 unspecified atom stereocenters. The Morgan fingerprint density at radius 1 is 1.33 bits per heavy atom. The predicted octanol–water partition coefficient (Wildman–Crippen LogP) is 1.16. The first-order chi connectivity index (χ1) is 8.69. The van der Waals surface area contributed by atoms with E-state index in [0.717, 1.165) is 11.3 Å². The van der Waals surface area contributed by atoms with Crippen LogP contribution in [0.1, 0.15) is 12.0 Å². The third-order valence-corrected chi connectivity index (χ3v) is 3.22. The van der Waals surface area contributed by atoms with E-state index in [1.807, 2.05) is 6.07 Å². The topological polar surface area (TPSA) is 73.6 Å². The fourth-order valence-electron chi connectivity index (χ4n) is 2.23. The van der Waals surface area contributed by atoms with E-state index in [-0.39, 0.29) is 11.8 Å². The van der Waals surface area contributed by atoms with Gasteiger partial charge in [0.2, 0.25) is 5.91 Å². The number of anilines is 1. The lowest BCUT2D eigenvalue weighted by atomic mass is 9.90. The maximum atomic E-state index is 11.9. The molecule has 1 aliphatic heterocycles. The van der Waals surface area contributed by atoms with Crippen LogP contribution in [0.5, 0.6) is 11.5 Å². The Kier molecular flexibility index (Phi) is 3.72. The van der Waals surface area contributed by atoms with Crippen LogP contribution in [-0.2, 0) is 11.2 Å². The summed E-state index contributed by atoms with van der Waals surface area (Å²) < 4.78 is 10.5. The van der Waals surface area contributed by atoms with Crippen molar-refractivity contribution in [3.63, 3.8) is 0 Å². The Morgan fingerprint density at radius 3 is 2.61 bits per heavy atom. The van der Waals surface area contributed by atoms with Crippen molar-refractivity contribution >= 4 is 11.6 Å². The molecule has 0 spiro atoms. The minimum atomic E-state index is -0.0550. The Labute approximate surface area is 106 Å². The minimum Gasteiger partial charge on any atom is -0.493 e. The number of methoxy groups -OCH3 is 2. The lowest BCUT2D eigenvalue weighted by molar-refractivity contribution is -0.120. The van der Waals surface area contributed by atoms with E-state index in [2.05, 4.69) is 5.32 Å². The van der Waals surface area contributed by atoms with Gasteiger partial charge in [0.05, 0.1) is 14.2 Å². The second kappa shape index (κ2) is 5.27. The van der Waals surface area contributed by atoms with Crippen molar-refractivity contribution < 1.29 is 14.3 Å². The van der Waals surface area contributed by atoms with E-state index in [0.29, 0.717) is 30.9 Å². The fourth-order valence-corrected chi connectivity index (χ4v) is 2.23. The summed E-state index contributed by atoms with van der Waals surface area (Å²) in [6.45, 7) is 0.515. The van der Waals surface area contributed by atoms with Crippen LogP contribution in [0.3, 0.4) is 0 Å². The van der Waals surface area contributed by atoms with Gasteiger partial charge in [-0.25, -0.2) is 0 Å². The molecule has 0 aliphatic carbocycles. The van der Waals surface area contributed by atoms with Gasteiger partial charge in [0.15, 0.2) is 11.5 Å². The van der Waals surface area contributed by atoms with Crippen molar-refractivity contribution in [2.75, 3.05) is 26.1 Å². The Morgan fingerprint density at radius 2 is 2.00 bits per heavy atom. The molecule has 3 N–H and O–H groups in total. The molecule has 0 bridgehead atoms. The fraction of sp³-hybridized carbons (Fsp3) is 0.462. The van der Waals surface area contributed by atoms with Crippen molar-refractivity contribution in [2.45, 2.75) is 12.8 Å². The minimum absolute atomic E-state index is 0.0279. The number of hydrogen-bond acceptors (Lipinski definition) is 4. The first-order valence-corrected chi connectivity index (χ1v) is 5.95. The molecule has 1 heterocycles. The molecule has 1 aromatic rings. The first kappa shape index (κ1) is 12.7. The summed E-state index contributed by atoms with van der Waals surface area (Å²) in [5.41, 5.74) is 7.38. The third kappa shape index (κ3) is 2.26. The van der Waals surface area contributed by atoms with Crippen molar-refractivity contribution in [1.29, 1.82) is 0 Å². The largest absolute Gasteiger partial charge is 0.493 e. The number of carbonyl (C=O) groups excluding carboxylic acids is 1. The number of nitrogens with two attached hydrogens (primary N) is 1. The second-order valence-electron chi connectivity index (χ2n) is 4.33. The van der Waals surface area contributed by atoms with Gasteiger partial charge < -0.3 is 20.5 Å². The summed E-state index contributed by atoms with van der Waals surface area (Å²) in [5, 5.41) is 2.89. The molecule has 98 valence electrons. The summed E-state index contributed by atoms with van der Waals surface area (Å²) >= 11 is 0. The summed E-state index contributed by atoms with van der Waals surface area (Å²) in [6.07, 6.45) is 1.39. The molecule has 1 aliphatic rings. The van der Waals surface area contributed by atoms with Crippen molar-refractivity contribution in [3.8, 4) is 11.5 Å². The number of carbonyl (C=O) groups is 1. The molecule has 5 nitrogen and oxygen atoms in total. The summed E-state index contributed by atoms with van der Waals surface area (Å²) in [4.78, 5) is 11.9. The quantitative estimate of drug-likeness (QED) is 0.841. The van der Waals surface area contributed by atoms with Crippen LogP contribution in [0.15, 0.2) is 12.1 Å². The van der Waals surface area contributed by atoms with E-state index in [4.69, 9.17) is 15.2 Å². The van der Waals surface area contributed by atoms with Gasteiger partial charge in [-0.05, 0) is 31.0 Å². The van der Waals surface area contributed by atoms with E-state index in [1.165, 1.54) is 0 Å². The van der Waals surface area contributed by atoms with Gasteiger partial charge in [-0.1, -0.05) is 0 Å². The first-order valence-electron chi connectivity index (χ1n) is 5.95. The number of rotatable bonds is 4. The van der Waals surface area contributed by atoms with Crippen LogP contribution in [0.2, 0.25) is 0 Å². The van der Waals surface area contributed by atoms with Gasteiger partial charge in [0.25, 0.3) is 0 Å². The average molecular weight is 250 g/mol. The van der Waals surface area contributed by atoms with E-state index < -0.39 is 0 Å². The maximum absolute atomic E-state index is 11.9. The molecular formula is C13H18N2O3. The monoisotopic (exact) mass is 250 g/mol. The molecule has 0 saturated carbocycles. The Balaban J connectivity index is 2.34. The lowest BCUT2D eigenvalue weighted by Crippen LogP contribution is -2.31. The van der Waals surface area contributed by atoms with Crippen molar-refractivity contribution in [1.82, 2.24) is 0 Å². The van der Waals surface area contributed by atoms with Crippen LogP contribution >= 0.6 is 0 Å². The zero-order valence-electron chi connectivity index (χ0n) is 10.7. The van der Waals surface area contributed by atoms with Crippen LogP contribution in [0.25, 0.3) is 0 Å². The van der Waals surface area contributed by atoms with Crippen molar-refractivity contribution in [3.05, 3.63) is 17.7 Å². The summed E-state index contributed by atoms with van der Waals surface area (Å²) in [6, 6.07) is 3.71. The van der Waals surface area contributed by atoms with Gasteiger partial charge >= 0.3 is 0 Å². The molecule has 1 amide bonds. The number of ether oxygens (including phenoxy) is 2. The standard InChI is InChI=1S/C13H18N2O3/c1-17-11-6-9-5-8(3-4-14)13(16)15-10(9)7-12(11)18-2/h6-8H,3-5,14H2,1-2H3,(H,15,16). The second-order valence-corrected chi connectivity index (χ2v) is 4.33. The lowest BCUT2D eigenvalue weighted by Gasteiger charge is -2.25. The smallest absolute Gasteiger partial charge is 0.227 e. The number of amides is 1. The molecule has 1 aromatic carbocycles. The highest BCUT2D eigenvalue weighted by atomic mass is 16.5. The molecule has 0 aromatic heterocycles. The molecule has 0 fully saturated rings. The molecule has 0 radical (unpaired) electrons. The highest BCUT2D eigenvalue weighted by molar-refractivity contribution is 5.96. The SMILES string of the molecule is COc1cc2c(cc1OC)NC(=O)C(CCN)C2. The number of nitrogens with one attached hydrogen (secondary N) is 1. The average Bonchev–Trinajstić information content (AvgIpc) is 2.38. The zero-order valence-corrected chi connectivity index (χ0v) is 10.7. The van der Waals surface area contributed by atoms with Crippen LogP contribution in [0, 0.1) is 5.92 Å². The normalized spacial score (nSPS) is 17.9. The van der Waals surface area contributed by atoms with Crippen LogP contribution < -0.4 is 20.5 Å². The van der Waals surface area contributed by atoms with Crippen molar-refractivity contribution in [2.24, 2.45) is 11.7 Å². The molecule has 0 saturated heterocycles. The Bertz CT molecular complexity index is 460. The molecule has 5 heteroatoms. The molecule has 18 heavy (non-hydrogen) atoms. The maximum Gasteiger partial charge on any atom is 0.227 e. The highest BCUT2D eigenvalue weighted by Crippen LogP contribution is 2.37.